The summed E-state index contributed by atoms with van der Waals surface area (Å²) < 4.78 is 0. The molecule has 2 rings (SSSR count). The van der Waals surface area contributed by atoms with Crippen LogP contribution >= 0.6 is 11.6 Å². The standard InChI is InChI=1S/C16H19ClN4O/c1-4-10-5-14-12(6-13(10)17)15(16(22)21-14)9(2)20-11(7-18)8-19-3/h5-8,21-22H,4,18H2,1-3H3/b11-7+,19-8?,20-9?. The Kier molecular flexibility index (Phi) is 4.88. The van der Waals surface area contributed by atoms with E-state index in [-0.39, 0.29) is 5.88 Å². The lowest BCUT2D eigenvalue weighted by atomic mass is 10.1. The van der Waals surface area contributed by atoms with Gasteiger partial charge in [-0.05, 0) is 31.0 Å². The van der Waals surface area contributed by atoms with Gasteiger partial charge >= 0.3 is 0 Å². The summed E-state index contributed by atoms with van der Waals surface area (Å²) in [6.07, 6.45) is 3.74. The van der Waals surface area contributed by atoms with Crippen molar-refractivity contribution in [1.82, 2.24) is 4.98 Å². The van der Waals surface area contributed by atoms with Crippen LogP contribution in [0.5, 0.6) is 5.88 Å². The molecule has 0 fully saturated rings. The Balaban J connectivity index is 2.62. The number of halogens is 1. The second-order valence-corrected chi connectivity index (χ2v) is 5.27. The van der Waals surface area contributed by atoms with Gasteiger partial charge in [0.15, 0.2) is 5.88 Å². The van der Waals surface area contributed by atoms with E-state index in [1.165, 1.54) is 6.20 Å². The largest absolute Gasteiger partial charge is 0.494 e. The van der Waals surface area contributed by atoms with E-state index in [2.05, 4.69) is 15.0 Å². The molecule has 116 valence electrons. The van der Waals surface area contributed by atoms with Crippen molar-refractivity contribution in [2.45, 2.75) is 20.3 Å². The number of fused-ring (bicyclic) bond motifs is 1. The third kappa shape index (κ3) is 2.99. The number of nitrogens with zero attached hydrogens (tertiary/aromatic N) is 2. The van der Waals surface area contributed by atoms with Gasteiger partial charge in [0, 0.05) is 35.4 Å². The first-order chi connectivity index (χ1) is 10.5. The molecule has 1 heterocycles. The van der Waals surface area contributed by atoms with Crippen molar-refractivity contribution in [1.29, 1.82) is 0 Å². The molecule has 0 unspecified atom stereocenters. The first-order valence-corrected chi connectivity index (χ1v) is 7.32. The summed E-state index contributed by atoms with van der Waals surface area (Å²) in [6.45, 7) is 3.84. The lowest BCUT2D eigenvalue weighted by Gasteiger charge is -2.04. The third-order valence-electron chi connectivity index (χ3n) is 3.42. The van der Waals surface area contributed by atoms with Crippen molar-refractivity contribution in [3.05, 3.63) is 40.2 Å². The summed E-state index contributed by atoms with van der Waals surface area (Å²) in [5.74, 6) is 0.0605. The van der Waals surface area contributed by atoms with Crippen molar-refractivity contribution in [3.8, 4) is 5.88 Å². The highest BCUT2D eigenvalue weighted by Gasteiger charge is 2.15. The van der Waals surface area contributed by atoms with Crippen molar-refractivity contribution in [3.63, 3.8) is 0 Å². The number of aromatic amines is 1. The van der Waals surface area contributed by atoms with Crippen LogP contribution in [0, 0.1) is 0 Å². The minimum atomic E-state index is 0.0605. The van der Waals surface area contributed by atoms with Crippen molar-refractivity contribution in [2.75, 3.05) is 7.05 Å². The van der Waals surface area contributed by atoms with Gasteiger partial charge in [-0.1, -0.05) is 18.5 Å². The minimum absolute atomic E-state index is 0.0605. The fourth-order valence-electron chi connectivity index (χ4n) is 2.37. The summed E-state index contributed by atoms with van der Waals surface area (Å²) in [5, 5.41) is 11.7. The van der Waals surface area contributed by atoms with Crippen LogP contribution in [0.2, 0.25) is 5.02 Å². The molecule has 0 atom stereocenters. The predicted octanol–water partition coefficient (Wildman–Crippen LogP) is 3.40. The van der Waals surface area contributed by atoms with Gasteiger partial charge in [-0.2, -0.15) is 0 Å². The van der Waals surface area contributed by atoms with Gasteiger partial charge in [0.2, 0.25) is 0 Å². The van der Waals surface area contributed by atoms with Crippen LogP contribution < -0.4 is 5.73 Å². The van der Waals surface area contributed by atoms with Crippen LogP contribution in [0.1, 0.15) is 25.0 Å². The molecule has 1 aromatic heterocycles. The van der Waals surface area contributed by atoms with Crippen molar-refractivity contribution >= 4 is 34.4 Å². The predicted molar refractivity (Wildman–Crippen MR) is 93.2 cm³/mol. The Labute approximate surface area is 134 Å². The summed E-state index contributed by atoms with van der Waals surface area (Å²) in [4.78, 5) is 11.2. The van der Waals surface area contributed by atoms with Gasteiger partial charge in [-0.25, -0.2) is 4.99 Å². The van der Waals surface area contributed by atoms with E-state index in [1.807, 2.05) is 19.1 Å². The third-order valence-corrected chi connectivity index (χ3v) is 3.77. The van der Waals surface area contributed by atoms with E-state index in [0.29, 0.717) is 22.0 Å². The maximum atomic E-state index is 10.2. The summed E-state index contributed by atoms with van der Waals surface area (Å²) in [7, 11) is 1.64. The normalized spacial score (nSPS) is 13.5. The zero-order valence-corrected chi connectivity index (χ0v) is 13.6. The Morgan fingerprint density at radius 3 is 2.77 bits per heavy atom. The second kappa shape index (κ2) is 6.66. The Morgan fingerprint density at radius 1 is 1.45 bits per heavy atom. The number of H-pyrrole nitrogens is 1. The average Bonchev–Trinajstić information content (AvgIpc) is 2.80. The Hall–Kier alpha value is -2.27. The molecule has 0 amide bonds. The first kappa shape index (κ1) is 16.1. The number of nitrogens with one attached hydrogen (secondary N) is 1. The van der Waals surface area contributed by atoms with Crippen LogP contribution in [0.4, 0.5) is 0 Å². The van der Waals surface area contributed by atoms with Gasteiger partial charge in [-0.3, -0.25) is 4.99 Å². The molecular formula is C16H19ClN4O. The summed E-state index contributed by atoms with van der Waals surface area (Å²) in [6, 6.07) is 3.79. The lowest BCUT2D eigenvalue weighted by Crippen LogP contribution is -1.98. The molecule has 0 aliphatic heterocycles. The molecule has 22 heavy (non-hydrogen) atoms. The molecule has 0 saturated carbocycles. The van der Waals surface area contributed by atoms with Crippen LogP contribution in [-0.4, -0.2) is 29.1 Å². The average molecular weight is 319 g/mol. The fourth-order valence-corrected chi connectivity index (χ4v) is 2.67. The van der Waals surface area contributed by atoms with Crippen LogP contribution in [-0.2, 0) is 6.42 Å². The molecule has 0 bridgehead atoms. The van der Waals surface area contributed by atoms with E-state index in [0.717, 1.165) is 22.9 Å². The SMILES string of the molecule is CCc1cc2[nH]c(O)c(C(C)=N/C(C=NC)=C/N)c2cc1Cl. The Morgan fingerprint density at radius 2 is 2.18 bits per heavy atom. The molecule has 4 N–H and O–H groups in total. The monoisotopic (exact) mass is 318 g/mol. The smallest absolute Gasteiger partial charge is 0.198 e. The topological polar surface area (TPSA) is 86.8 Å². The fraction of sp³-hybridized carbons (Fsp3) is 0.250. The number of aliphatic imine (C=N–C) groups is 2. The number of hydrogen-bond donors (Lipinski definition) is 3. The van der Waals surface area contributed by atoms with E-state index >= 15 is 0 Å². The number of benzene rings is 1. The maximum absolute atomic E-state index is 10.2. The van der Waals surface area contributed by atoms with E-state index in [1.54, 1.807) is 20.2 Å². The number of aromatic nitrogens is 1. The van der Waals surface area contributed by atoms with E-state index in [9.17, 15) is 5.11 Å². The number of aromatic hydroxyl groups is 1. The molecule has 0 radical (unpaired) electrons. The molecule has 6 heteroatoms. The molecule has 0 saturated heterocycles. The molecule has 5 nitrogen and oxygen atoms in total. The second-order valence-electron chi connectivity index (χ2n) is 4.87. The van der Waals surface area contributed by atoms with Crippen LogP contribution in [0.3, 0.4) is 0 Å². The van der Waals surface area contributed by atoms with Gasteiger partial charge in [0.25, 0.3) is 0 Å². The highest BCUT2D eigenvalue weighted by molar-refractivity contribution is 6.32. The molecule has 2 aromatic rings. The van der Waals surface area contributed by atoms with E-state index < -0.39 is 0 Å². The van der Waals surface area contributed by atoms with Gasteiger partial charge in [0.1, 0.15) is 0 Å². The summed E-state index contributed by atoms with van der Waals surface area (Å²) in [5.41, 5.74) is 9.13. The Bertz CT molecular complexity index is 787. The van der Waals surface area contributed by atoms with Gasteiger partial charge in [0.05, 0.1) is 17.0 Å². The molecule has 1 aromatic carbocycles. The minimum Gasteiger partial charge on any atom is -0.494 e. The summed E-state index contributed by atoms with van der Waals surface area (Å²) >= 11 is 6.28. The molecule has 0 aliphatic rings. The number of hydrogen-bond acceptors (Lipinski definition) is 4. The van der Waals surface area contributed by atoms with Crippen molar-refractivity contribution < 1.29 is 5.11 Å². The van der Waals surface area contributed by atoms with Crippen molar-refractivity contribution in [2.24, 2.45) is 15.7 Å². The van der Waals surface area contributed by atoms with Crippen LogP contribution in [0.15, 0.2) is 34.0 Å². The lowest BCUT2D eigenvalue weighted by molar-refractivity contribution is 0.457. The zero-order chi connectivity index (χ0) is 16.3. The first-order valence-electron chi connectivity index (χ1n) is 6.94. The van der Waals surface area contributed by atoms with Crippen LogP contribution in [0.25, 0.3) is 10.9 Å². The highest BCUT2D eigenvalue weighted by Crippen LogP contribution is 2.32. The number of nitrogens with two attached hydrogens (primary N) is 1. The number of aryl methyl sites for hydroxylation is 1. The highest BCUT2D eigenvalue weighted by atomic mass is 35.5. The van der Waals surface area contributed by atoms with E-state index in [4.69, 9.17) is 17.3 Å². The van der Waals surface area contributed by atoms with Gasteiger partial charge < -0.3 is 15.8 Å². The number of rotatable bonds is 4. The zero-order valence-electron chi connectivity index (χ0n) is 12.8. The molecular weight excluding hydrogens is 300 g/mol. The molecule has 0 aliphatic carbocycles. The molecule has 0 spiro atoms. The maximum Gasteiger partial charge on any atom is 0.198 e. The quantitative estimate of drug-likeness (QED) is 0.754. The number of allylic oxidation sites excluding steroid dienone is 1. The van der Waals surface area contributed by atoms with Gasteiger partial charge in [-0.15, -0.1) is 0 Å².